The standard InChI is InChI=1S/C23H27N5O3/c1-28(2)16-7-5-15(6-8-16)18-9-10-24-23(26-18)27-20-14-31-21-19(13-30-22(20)21)25-12-17-4-3-11-29-17/h3-11,19-22,25H,12-14H2,1-2H3,(H,24,26,27)/p+1/t19-,20-,21+,22+/m0/s1. The van der Waals surface area contributed by atoms with Crippen LogP contribution in [0.1, 0.15) is 5.76 Å². The second-order valence-corrected chi connectivity index (χ2v) is 8.24. The van der Waals surface area contributed by atoms with Crippen LogP contribution in [0.4, 0.5) is 11.6 Å². The smallest absolute Gasteiger partial charge is 0.223 e. The minimum absolute atomic E-state index is 0.00974. The highest BCUT2D eigenvalue weighted by Crippen LogP contribution is 2.28. The van der Waals surface area contributed by atoms with Crippen molar-refractivity contribution in [1.29, 1.82) is 0 Å². The molecule has 4 heterocycles. The molecule has 0 bridgehead atoms. The topological polar surface area (TPSA) is 89.3 Å². The van der Waals surface area contributed by atoms with Crippen LogP contribution in [0, 0.1) is 0 Å². The van der Waals surface area contributed by atoms with Gasteiger partial charge in [0.25, 0.3) is 0 Å². The molecule has 2 fully saturated rings. The van der Waals surface area contributed by atoms with E-state index >= 15 is 0 Å². The first-order chi connectivity index (χ1) is 15.2. The lowest BCUT2D eigenvalue weighted by atomic mass is 10.1. The molecule has 8 heteroatoms. The van der Waals surface area contributed by atoms with E-state index in [1.54, 1.807) is 12.5 Å². The molecule has 2 aliphatic rings. The van der Waals surface area contributed by atoms with Gasteiger partial charge in [0, 0.05) is 31.5 Å². The zero-order chi connectivity index (χ0) is 21.2. The molecule has 162 valence electrons. The summed E-state index contributed by atoms with van der Waals surface area (Å²) in [5.74, 6) is 1.55. The monoisotopic (exact) mass is 422 g/mol. The minimum atomic E-state index is -0.00974. The van der Waals surface area contributed by atoms with Crippen molar-refractivity contribution in [3.05, 3.63) is 60.7 Å². The van der Waals surface area contributed by atoms with Crippen LogP contribution in [0.15, 0.2) is 59.3 Å². The van der Waals surface area contributed by atoms with E-state index in [-0.39, 0.29) is 24.3 Å². The van der Waals surface area contributed by atoms with Crippen LogP contribution in [0.25, 0.3) is 11.3 Å². The molecule has 8 nitrogen and oxygen atoms in total. The normalized spacial score (nSPS) is 24.8. The van der Waals surface area contributed by atoms with Gasteiger partial charge >= 0.3 is 0 Å². The number of anilines is 2. The highest BCUT2D eigenvalue weighted by atomic mass is 16.6. The van der Waals surface area contributed by atoms with Gasteiger partial charge in [0.1, 0.15) is 31.4 Å². The lowest BCUT2D eigenvalue weighted by molar-refractivity contribution is -0.709. The Morgan fingerprint density at radius 3 is 2.68 bits per heavy atom. The summed E-state index contributed by atoms with van der Waals surface area (Å²) in [6, 6.07) is 14.4. The Kier molecular flexibility index (Phi) is 5.59. The van der Waals surface area contributed by atoms with Crippen molar-refractivity contribution in [2.45, 2.75) is 30.8 Å². The Balaban J connectivity index is 1.22. The second kappa shape index (κ2) is 8.66. The SMILES string of the molecule is CN(C)c1ccc(-c2ccnc(N[C@H]3CO[C@H]4[C@@H]3OC[C@@H]4[NH2+]Cc3ccco3)n2)cc1. The Bertz CT molecular complexity index is 993. The number of quaternary nitrogens is 1. The third-order valence-electron chi connectivity index (χ3n) is 5.94. The summed E-state index contributed by atoms with van der Waals surface area (Å²) in [6.07, 6.45) is 3.53. The maximum absolute atomic E-state index is 6.09. The van der Waals surface area contributed by atoms with E-state index in [9.17, 15) is 0 Å². The first-order valence-electron chi connectivity index (χ1n) is 10.6. The Morgan fingerprint density at radius 2 is 1.90 bits per heavy atom. The summed E-state index contributed by atoms with van der Waals surface area (Å²) in [5.41, 5.74) is 3.10. The third kappa shape index (κ3) is 4.27. The molecule has 0 radical (unpaired) electrons. The summed E-state index contributed by atoms with van der Waals surface area (Å²) in [6.45, 7) is 2.02. The molecule has 0 saturated carbocycles. The van der Waals surface area contributed by atoms with E-state index in [0.717, 1.165) is 29.2 Å². The minimum Gasteiger partial charge on any atom is -0.463 e. The van der Waals surface area contributed by atoms with E-state index in [2.05, 4.69) is 44.8 Å². The molecule has 3 aromatic rings. The van der Waals surface area contributed by atoms with Crippen LogP contribution >= 0.6 is 0 Å². The van der Waals surface area contributed by atoms with E-state index < -0.39 is 0 Å². The third-order valence-corrected chi connectivity index (χ3v) is 5.94. The molecule has 31 heavy (non-hydrogen) atoms. The van der Waals surface area contributed by atoms with E-state index in [1.807, 2.05) is 32.3 Å². The van der Waals surface area contributed by atoms with Gasteiger partial charge in [0.15, 0.2) is 5.76 Å². The van der Waals surface area contributed by atoms with Gasteiger partial charge in [-0.25, -0.2) is 9.97 Å². The molecular formula is C23H28N5O3+. The van der Waals surface area contributed by atoms with Gasteiger partial charge in [-0.05, 0) is 30.3 Å². The number of aromatic nitrogens is 2. The molecule has 0 amide bonds. The second-order valence-electron chi connectivity index (χ2n) is 8.24. The number of nitrogens with two attached hydrogens (primary N) is 1. The maximum Gasteiger partial charge on any atom is 0.223 e. The number of nitrogens with zero attached hydrogens (tertiary/aromatic N) is 3. The fraction of sp³-hybridized carbons (Fsp3) is 0.391. The fourth-order valence-corrected chi connectivity index (χ4v) is 4.24. The Labute approximate surface area is 181 Å². The van der Waals surface area contributed by atoms with E-state index in [4.69, 9.17) is 18.9 Å². The van der Waals surface area contributed by atoms with Gasteiger partial charge in [0.05, 0.1) is 24.6 Å². The molecule has 2 aliphatic heterocycles. The molecule has 1 aromatic carbocycles. The molecule has 3 N–H and O–H groups in total. The van der Waals surface area contributed by atoms with Gasteiger partial charge < -0.3 is 29.4 Å². The molecule has 0 aliphatic carbocycles. The number of nitrogens with one attached hydrogen (secondary N) is 1. The van der Waals surface area contributed by atoms with E-state index in [0.29, 0.717) is 19.2 Å². The zero-order valence-corrected chi connectivity index (χ0v) is 17.8. The van der Waals surface area contributed by atoms with Crippen LogP contribution in [0.5, 0.6) is 0 Å². The lowest BCUT2D eigenvalue weighted by Gasteiger charge is -2.17. The predicted octanol–water partition coefficient (Wildman–Crippen LogP) is 1.51. The molecule has 2 saturated heterocycles. The quantitative estimate of drug-likeness (QED) is 0.597. The number of fused-ring (bicyclic) bond motifs is 1. The van der Waals surface area contributed by atoms with Gasteiger partial charge in [-0.15, -0.1) is 0 Å². The molecule has 0 unspecified atom stereocenters. The number of hydrogen-bond acceptors (Lipinski definition) is 7. The largest absolute Gasteiger partial charge is 0.463 e. The Morgan fingerprint density at radius 1 is 1.06 bits per heavy atom. The van der Waals surface area contributed by atoms with Gasteiger partial charge in [-0.2, -0.15) is 0 Å². The van der Waals surface area contributed by atoms with Crippen molar-refractivity contribution >= 4 is 11.6 Å². The fourth-order valence-electron chi connectivity index (χ4n) is 4.24. The van der Waals surface area contributed by atoms with Crippen LogP contribution in [-0.2, 0) is 16.0 Å². The van der Waals surface area contributed by atoms with Crippen molar-refractivity contribution in [1.82, 2.24) is 9.97 Å². The Hall–Kier alpha value is -2.94. The first kappa shape index (κ1) is 20.0. The lowest BCUT2D eigenvalue weighted by Crippen LogP contribution is -2.91. The van der Waals surface area contributed by atoms with Crippen molar-refractivity contribution in [3.8, 4) is 11.3 Å². The van der Waals surface area contributed by atoms with Gasteiger partial charge in [-0.1, -0.05) is 12.1 Å². The molecular weight excluding hydrogens is 394 g/mol. The number of rotatable bonds is 7. The van der Waals surface area contributed by atoms with Crippen molar-refractivity contribution in [2.24, 2.45) is 0 Å². The highest BCUT2D eigenvalue weighted by molar-refractivity contribution is 5.63. The average molecular weight is 423 g/mol. The summed E-state index contributed by atoms with van der Waals surface area (Å²) < 4.78 is 17.6. The van der Waals surface area contributed by atoms with Crippen LogP contribution in [0.2, 0.25) is 0 Å². The molecule has 5 rings (SSSR count). The first-order valence-corrected chi connectivity index (χ1v) is 10.6. The van der Waals surface area contributed by atoms with Gasteiger partial charge in [-0.3, -0.25) is 0 Å². The van der Waals surface area contributed by atoms with Crippen LogP contribution in [-0.4, -0.2) is 61.6 Å². The summed E-state index contributed by atoms with van der Waals surface area (Å²) in [7, 11) is 4.06. The summed E-state index contributed by atoms with van der Waals surface area (Å²) in [5, 5.41) is 5.67. The molecule has 2 aromatic heterocycles. The number of furan rings is 1. The van der Waals surface area contributed by atoms with Crippen molar-refractivity contribution in [2.75, 3.05) is 37.5 Å². The highest BCUT2D eigenvalue weighted by Gasteiger charge is 2.50. The summed E-state index contributed by atoms with van der Waals surface area (Å²) >= 11 is 0. The number of ether oxygens (including phenoxy) is 2. The van der Waals surface area contributed by atoms with Crippen LogP contribution in [0.3, 0.4) is 0 Å². The van der Waals surface area contributed by atoms with Crippen molar-refractivity contribution in [3.63, 3.8) is 0 Å². The zero-order valence-electron chi connectivity index (χ0n) is 17.8. The van der Waals surface area contributed by atoms with Crippen molar-refractivity contribution < 1.29 is 19.2 Å². The molecule has 4 atom stereocenters. The predicted molar refractivity (Wildman–Crippen MR) is 117 cm³/mol. The number of hydrogen-bond donors (Lipinski definition) is 2. The average Bonchev–Trinajstić information content (AvgIpc) is 3.52. The van der Waals surface area contributed by atoms with E-state index in [1.165, 1.54) is 0 Å². The van der Waals surface area contributed by atoms with Crippen LogP contribution < -0.4 is 15.5 Å². The maximum atomic E-state index is 6.09. The molecule has 0 spiro atoms. The van der Waals surface area contributed by atoms with Gasteiger partial charge in [0.2, 0.25) is 5.95 Å². The summed E-state index contributed by atoms with van der Waals surface area (Å²) in [4.78, 5) is 11.2. The number of benzene rings is 1.